The van der Waals surface area contributed by atoms with Crippen LogP contribution in [0.4, 0.5) is 0 Å². The summed E-state index contributed by atoms with van der Waals surface area (Å²) in [5, 5.41) is 3.77. The van der Waals surface area contributed by atoms with Crippen molar-refractivity contribution < 1.29 is 4.79 Å². The minimum absolute atomic E-state index is 0.00360. The van der Waals surface area contributed by atoms with Gasteiger partial charge in [0, 0.05) is 29.6 Å². The average Bonchev–Trinajstić information content (AvgIpc) is 2.91. The largest absolute Gasteiger partial charge is 0.352 e. The van der Waals surface area contributed by atoms with Crippen LogP contribution in [0.2, 0.25) is 5.02 Å². The van der Waals surface area contributed by atoms with Gasteiger partial charge in [-0.3, -0.25) is 14.8 Å². The first kappa shape index (κ1) is 15.0. The van der Waals surface area contributed by atoms with Gasteiger partial charge >= 0.3 is 0 Å². The van der Waals surface area contributed by atoms with Crippen molar-refractivity contribution in [1.82, 2.24) is 15.3 Å². The highest BCUT2D eigenvalue weighted by Crippen LogP contribution is 2.33. The molecule has 1 aromatic heterocycles. The van der Waals surface area contributed by atoms with Crippen molar-refractivity contribution in [3.63, 3.8) is 0 Å². The van der Waals surface area contributed by atoms with E-state index in [4.69, 9.17) is 16.6 Å². The van der Waals surface area contributed by atoms with Crippen LogP contribution in [0.15, 0.2) is 30.5 Å². The number of nitrogens with zero attached hydrogens (tertiary/aromatic N) is 2. The summed E-state index contributed by atoms with van der Waals surface area (Å²) in [5.74, 6) is 0.0957. The summed E-state index contributed by atoms with van der Waals surface area (Å²) in [4.78, 5) is 20.8. The highest BCUT2D eigenvalue weighted by Gasteiger charge is 2.33. The van der Waals surface area contributed by atoms with E-state index in [0.29, 0.717) is 11.4 Å². The van der Waals surface area contributed by atoms with Crippen LogP contribution in [0.5, 0.6) is 0 Å². The summed E-state index contributed by atoms with van der Waals surface area (Å²) in [6, 6.07) is 7.80. The molecule has 2 atom stereocenters. The minimum atomic E-state index is -0.00360. The summed E-state index contributed by atoms with van der Waals surface area (Å²) in [7, 11) is 0. The van der Waals surface area contributed by atoms with Gasteiger partial charge in [-0.15, -0.1) is 0 Å². The molecule has 5 heteroatoms. The van der Waals surface area contributed by atoms with Crippen molar-refractivity contribution in [1.29, 1.82) is 0 Å². The van der Waals surface area contributed by atoms with E-state index >= 15 is 0 Å². The molecule has 2 aromatic rings. The lowest BCUT2D eigenvalue weighted by Crippen LogP contribution is -2.33. The second kappa shape index (κ2) is 6.05. The number of benzene rings is 1. The lowest BCUT2D eigenvalue weighted by atomic mass is 9.86. The molecule has 1 N–H and O–H groups in total. The van der Waals surface area contributed by atoms with Crippen LogP contribution in [0.3, 0.4) is 0 Å². The van der Waals surface area contributed by atoms with Gasteiger partial charge in [-0.2, -0.15) is 0 Å². The molecule has 114 valence electrons. The lowest BCUT2D eigenvalue weighted by molar-refractivity contribution is -0.119. The van der Waals surface area contributed by atoms with E-state index in [2.05, 4.69) is 10.3 Å². The van der Waals surface area contributed by atoms with Crippen molar-refractivity contribution >= 4 is 17.5 Å². The Hall–Kier alpha value is -1.94. The summed E-state index contributed by atoms with van der Waals surface area (Å²) < 4.78 is 0. The number of hydrogen-bond acceptors (Lipinski definition) is 3. The number of nitrogens with one attached hydrogen (secondary N) is 1. The normalized spacial score (nSPS) is 19.0. The van der Waals surface area contributed by atoms with Crippen LogP contribution in [0, 0.1) is 13.8 Å². The van der Waals surface area contributed by atoms with Crippen molar-refractivity contribution in [2.24, 2.45) is 0 Å². The van der Waals surface area contributed by atoms with Gasteiger partial charge in [0.25, 0.3) is 0 Å². The van der Waals surface area contributed by atoms with Gasteiger partial charge in [-0.25, -0.2) is 0 Å². The number of rotatable bonds is 3. The molecule has 1 aromatic carbocycles. The molecule has 0 spiro atoms. The quantitative estimate of drug-likeness (QED) is 0.946. The SMILES string of the molecule is Cc1cnc(C)c([C@H](c2ccc(Cl)cc2)[C@H]2CCC(=O)N2)n1. The third-order valence-corrected chi connectivity index (χ3v) is 4.32. The van der Waals surface area contributed by atoms with Crippen molar-refractivity contribution in [3.05, 3.63) is 58.1 Å². The monoisotopic (exact) mass is 315 g/mol. The van der Waals surface area contributed by atoms with E-state index in [9.17, 15) is 4.79 Å². The molecule has 0 unspecified atom stereocenters. The molecule has 0 aliphatic carbocycles. The summed E-state index contributed by atoms with van der Waals surface area (Å²) >= 11 is 6.00. The van der Waals surface area contributed by atoms with Gasteiger partial charge < -0.3 is 5.32 Å². The maximum Gasteiger partial charge on any atom is 0.220 e. The molecule has 3 rings (SSSR count). The molecule has 1 aliphatic heterocycles. The van der Waals surface area contributed by atoms with E-state index in [1.54, 1.807) is 6.20 Å². The van der Waals surface area contributed by atoms with E-state index < -0.39 is 0 Å². The highest BCUT2D eigenvalue weighted by atomic mass is 35.5. The molecule has 1 aliphatic rings. The lowest BCUT2D eigenvalue weighted by Gasteiger charge is -2.25. The second-order valence-corrected chi connectivity index (χ2v) is 6.16. The Labute approximate surface area is 134 Å². The molecule has 1 amide bonds. The standard InChI is InChI=1S/C17H18ClN3O/c1-10-9-19-11(2)17(20-10)16(14-7-8-15(22)21-14)12-3-5-13(18)6-4-12/h3-6,9,14,16H,7-8H2,1-2H3,(H,21,22)/t14-,16-/m1/s1. The first-order valence-electron chi connectivity index (χ1n) is 7.39. The highest BCUT2D eigenvalue weighted by molar-refractivity contribution is 6.30. The third-order valence-electron chi connectivity index (χ3n) is 4.07. The zero-order valence-corrected chi connectivity index (χ0v) is 13.4. The Morgan fingerprint density at radius 3 is 2.64 bits per heavy atom. The topological polar surface area (TPSA) is 54.9 Å². The molecule has 0 bridgehead atoms. The Kier molecular flexibility index (Phi) is 4.12. The molecule has 1 fully saturated rings. The Morgan fingerprint density at radius 1 is 1.27 bits per heavy atom. The average molecular weight is 316 g/mol. The van der Waals surface area contributed by atoms with Gasteiger partial charge in [0.05, 0.1) is 17.1 Å². The van der Waals surface area contributed by atoms with Crippen LogP contribution in [0.25, 0.3) is 0 Å². The Balaban J connectivity index is 2.08. The zero-order chi connectivity index (χ0) is 15.7. The number of carbonyl (C=O) groups excluding carboxylic acids is 1. The summed E-state index contributed by atoms with van der Waals surface area (Å²) in [6.45, 7) is 3.89. The predicted octanol–water partition coefficient (Wildman–Crippen LogP) is 3.16. The molecule has 4 nitrogen and oxygen atoms in total. The van der Waals surface area contributed by atoms with Crippen LogP contribution in [0.1, 0.15) is 41.4 Å². The summed E-state index contributed by atoms with van der Waals surface area (Å²) in [5.41, 5.74) is 3.80. The first-order chi connectivity index (χ1) is 10.5. The first-order valence-corrected chi connectivity index (χ1v) is 7.77. The van der Waals surface area contributed by atoms with E-state index in [-0.39, 0.29) is 17.9 Å². The smallest absolute Gasteiger partial charge is 0.220 e. The third kappa shape index (κ3) is 2.97. The number of halogens is 1. The number of aromatic nitrogens is 2. The van der Waals surface area contributed by atoms with E-state index in [1.807, 2.05) is 38.1 Å². The molecular weight excluding hydrogens is 298 g/mol. The maximum atomic E-state index is 11.7. The minimum Gasteiger partial charge on any atom is -0.352 e. The second-order valence-electron chi connectivity index (χ2n) is 5.72. The molecule has 1 saturated heterocycles. The molecule has 22 heavy (non-hydrogen) atoms. The van der Waals surface area contributed by atoms with Gasteiger partial charge in [-0.1, -0.05) is 23.7 Å². The molecule has 0 radical (unpaired) electrons. The molecule has 2 heterocycles. The van der Waals surface area contributed by atoms with Crippen molar-refractivity contribution in [3.8, 4) is 0 Å². The maximum absolute atomic E-state index is 11.7. The zero-order valence-electron chi connectivity index (χ0n) is 12.6. The van der Waals surface area contributed by atoms with Crippen LogP contribution in [-0.4, -0.2) is 21.9 Å². The fourth-order valence-corrected chi connectivity index (χ4v) is 3.12. The van der Waals surface area contributed by atoms with Crippen LogP contribution in [-0.2, 0) is 4.79 Å². The number of carbonyl (C=O) groups is 1. The molecular formula is C17H18ClN3O. The van der Waals surface area contributed by atoms with Gasteiger partial charge in [-0.05, 0) is 38.0 Å². The Morgan fingerprint density at radius 2 is 2.00 bits per heavy atom. The van der Waals surface area contributed by atoms with Gasteiger partial charge in [0.2, 0.25) is 5.91 Å². The predicted molar refractivity (Wildman–Crippen MR) is 86.0 cm³/mol. The van der Waals surface area contributed by atoms with Crippen LogP contribution >= 0.6 is 11.6 Å². The number of hydrogen-bond donors (Lipinski definition) is 1. The van der Waals surface area contributed by atoms with Gasteiger partial charge in [0.1, 0.15) is 0 Å². The van der Waals surface area contributed by atoms with Crippen LogP contribution < -0.4 is 5.32 Å². The fourth-order valence-electron chi connectivity index (χ4n) is 2.99. The fraction of sp³-hybridized carbons (Fsp3) is 0.353. The van der Waals surface area contributed by atoms with Gasteiger partial charge in [0.15, 0.2) is 0 Å². The Bertz CT molecular complexity index is 700. The van der Waals surface area contributed by atoms with E-state index in [1.165, 1.54) is 0 Å². The van der Waals surface area contributed by atoms with Crippen molar-refractivity contribution in [2.45, 2.75) is 38.6 Å². The summed E-state index contributed by atoms with van der Waals surface area (Å²) in [6.07, 6.45) is 3.14. The number of aryl methyl sites for hydroxylation is 2. The van der Waals surface area contributed by atoms with Crippen molar-refractivity contribution in [2.75, 3.05) is 0 Å². The molecule has 0 saturated carbocycles. The van der Waals surface area contributed by atoms with E-state index in [0.717, 1.165) is 29.1 Å². The number of amides is 1.